The van der Waals surface area contributed by atoms with Crippen molar-refractivity contribution in [2.24, 2.45) is 0 Å². The molecule has 0 aromatic carbocycles. The SMILES string of the molecule is Cc1nc(C)c(C(O)C(O)CBr)s1. The number of hydrogen-bond acceptors (Lipinski definition) is 4. The molecule has 3 nitrogen and oxygen atoms in total. The molecular formula is C8H12BrNO2S. The van der Waals surface area contributed by atoms with Crippen LogP contribution in [0.4, 0.5) is 0 Å². The highest BCUT2D eigenvalue weighted by Crippen LogP contribution is 2.27. The van der Waals surface area contributed by atoms with Crippen LogP contribution in [0.1, 0.15) is 21.7 Å². The monoisotopic (exact) mass is 265 g/mol. The number of aliphatic hydroxyl groups excluding tert-OH is 2. The van der Waals surface area contributed by atoms with Crippen LogP contribution >= 0.6 is 27.3 Å². The fourth-order valence-electron chi connectivity index (χ4n) is 1.08. The summed E-state index contributed by atoms with van der Waals surface area (Å²) in [5.41, 5.74) is 0.801. The topological polar surface area (TPSA) is 53.4 Å². The number of thiazole rings is 1. The summed E-state index contributed by atoms with van der Waals surface area (Å²) in [6, 6.07) is 0. The number of rotatable bonds is 3. The van der Waals surface area contributed by atoms with E-state index in [1.54, 1.807) is 0 Å². The predicted molar refractivity (Wildman–Crippen MR) is 56.3 cm³/mol. The number of halogens is 1. The summed E-state index contributed by atoms with van der Waals surface area (Å²) >= 11 is 4.54. The van der Waals surface area contributed by atoms with Gasteiger partial charge in [-0.1, -0.05) is 15.9 Å². The largest absolute Gasteiger partial charge is 0.389 e. The first kappa shape index (κ1) is 11.1. The van der Waals surface area contributed by atoms with Crippen molar-refractivity contribution in [2.75, 3.05) is 5.33 Å². The molecule has 5 heteroatoms. The number of nitrogens with zero attached hydrogens (tertiary/aromatic N) is 1. The number of alkyl halides is 1. The normalized spacial score (nSPS) is 15.8. The van der Waals surface area contributed by atoms with E-state index in [-0.39, 0.29) is 0 Å². The van der Waals surface area contributed by atoms with Gasteiger partial charge in [-0.3, -0.25) is 0 Å². The fourth-order valence-corrected chi connectivity index (χ4v) is 2.41. The van der Waals surface area contributed by atoms with Crippen molar-refractivity contribution in [1.29, 1.82) is 0 Å². The van der Waals surface area contributed by atoms with E-state index < -0.39 is 12.2 Å². The van der Waals surface area contributed by atoms with Crippen LogP contribution in [-0.2, 0) is 0 Å². The fraction of sp³-hybridized carbons (Fsp3) is 0.625. The third-order valence-corrected chi connectivity index (χ3v) is 3.54. The van der Waals surface area contributed by atoms with Crippen LogP contribution in [0.2, 0.25) is 0 Å². The van der Waals surface area contributed by atoms with Crippen molar-refractivity contribution in [2.45, 2.75) is 26.1 Å². The molecule has 0 amide bonds. The van der Waals surface area contributed by atoms with Gasteiger partial charge < -0.3 is 10.2 Å². The van der Waals surface area contributed by atoms with E-state index in [1.807, 2.05) is 13.8 Å². The summed E-state index contributed by atoms with van der Waals surface area (Å²) in [5.74, 6) is 0. The van der Waals surface area contributed by atoms with Crippen LogP contribution in [0, 0.1) is 13.8 Å². The first-order valence-corrected chi connectivity index (χ1v) is 5.86. The smallest absolute Gasteiger partial charge is 0.117 e. The molecule has 0 spiro atoms. The Balaban J connectivity index is 2.87. The molecule has 0 saturated heterocycles. The van der Waals surface area contributed by atoms with Crippen LogP contribution in [0.25, 0.3) is 0 Å². The lowest BCUT2D eigenvalue weighted by molar-refractivity contribution is 0.0360. The first-order valence-electron chi connectivity index (χ1n) is 3.92. The van der Waals surface area contributed by atoms with Gasteiger partial charge in [0.15, 0.2) is 0 Å². The van der Waals surface area contributed by atoms with Gasteiger partial charge in [0, 0.05) is 5.33 Å². The molecule has 1 aromatic heterocycles. The molecule has 0 saturated carbocycles. The summed E-state index contributed by atoms with van der Waals surface area (Å²) in [6.45, 7) is 3.72. The van der Waals surface area contributed by atoms with E-state index in [4.69, 9.17) is 0 Å². The average Bonchev–Trinajstić information content (AvgIpc) is 2.42. The van der Waals surface area contributed by atoms with Gasteiger partial charge in [0.2, 0.25) is 0 Å². The minimum atomic E-state index is -0.828. The van der Waals surface area contributed by atoms with Gasteiger partial charge in [0.1, 0.15) is 6.10 Å². The zero-order valence-corrected chi connectivity index (χ0v) is 9.89. The van der Waals surface area contributed by atoms with Crippen molar-refractivity contribution >= 4 is 27.3 Å². The third kappa shape index (κ3) is 2.49. The molecule has 13 heavy (non-hydrogen) atoms. The Kier molecular flexibility index (Phi) is 3.85. The maximum Gasteiger partial charge on any atom is 0.117 e. The summed E-state index contributed by atoms with van der Waals surface area (Å²) in [5, 5.41) is 20.3. The Labute approximate surface area is 89.6 Å². The Bertz CT molecular complexity index is 290. The highest BCUT2D eigenvalue weighted by molar-refractivity contribution is 9.09. The molecule has 0 bridgehead atoms. The van der Waals surface area contributed by atoms with Gasteiger partial charge in [-0.15, -0.1) is 11.3 Å². The summed E-state index contributed by atoms with van der Waals surface area (Å²) in [7, 11) is 0. The molecule has 0 radical (unpaired) electrons. The molecule has 1 heterocycles. The van der Waals surface area contributed by atoms with E-state index in [0.29, 0.717) is 5.33 Å². The number of hydrogen-bond donors (Lipinski definition) is 2. The van der Waals surface area contributed by atoms with Gasteiger partial charge in [0.25, 0.3) is 0 Å². The first-order chi connectivity index (χ1) is 6.06. The van der Waals surface area contributed by atoms with E-state index in [1.165, 1.54) is 11.3 Å². The second-order valence-electron chi connectivity index (χ2n) is 2.85. The van der Waals surface area contributed by atoms with Gasteiger partial charge in [0.05, 0.1) is 21.7 Å². The molecule has 2 N–H and O–H groups in total. The number of aliphatic hydroxyl groups is 2. The molecule has 1 aromatic rings. The highest BCUT2D eigenvalue weighted by Gasteiger charge is 2.21. The van der Waals surface area contributed by atoms with Crippen LogP contribution in [0.5, 0.6) is 0 Å². The molecule has 0 aliphatic carbocycles. The Morgan fingerprint density at radius 1 is 1.46 bits per heavy atom. The van der Waals surface area contributed by atoms with Crippen molar-refractivity contribution < 1.29 is 10.2 Å². The van der Waals surface area contributed by atoms with E-state index in [0.717, 1.165) is 15.6 Å². The summed E-state index contributed by atoms with van der Waals surface area (Å²) in [4.78, 5) is 4.94. The second-order valence-corrected chi connectivity index (χ2v) is 4.73. The van der Waals surface area contributed by atoms with Gasteiger partial charge in [-0.25, -0.2) is 4.98 Å². The van der Waals surface area contributed by atoms with Crippen molar-refractivity contribution in [3.05, 3.63) is 15.6 Å². The number of aromatic nitrogens is 1. The summed E-state index contributed by atoms with van der Waals surface area (Å²) < 4.78 is 0. The van der Waals surface area contributed by atoms with E-state index in [2.05, 4.69) is 20.9 Å². The van der Waals surface area contributed by atoms with Crippen LogP contribution < -0.4 is 0 Å². The van der Waals surface area contributed by atoms with Gasteiger partial charge in [-0.05, 0) is 13.8 Å². The second kappa shape index (κ2) is 4.50. The lowest BCUT2D eigenvalue weighted by atomic mass is 10.2. The standard InChI is InChI=1S/C8H12BrNO2S/c1-4-8(13-5(2)10-4)7(12)6(11)3-9/h6-7,11-12H,3H2,1-2H3. The zero-order chi connectivity index (χ0) is 10.0. The van der Waals surface area contributed by atoms with Crippen molar-refractivity contribution in [3.63, 3.8) is 0 Å². The predicted octanol–water partition coefficient (Wildman–Crippen LogP) is 1.55. The van der Waals surface area contributed by atoms with Crippen molar-refractivity contribution in [3.8, 4) is 0 Å². The number of aryl methyl sites for hydroxylation is 2. The van der Waals surface area contributed by atoms with E-state index in [9.17, 15) is 10.2 Å². The molecule has 0 fully saturated rings. The minimum absolute atomic E-state index is 0.366. The minimum Gasteiger partial charge on any atom is -0.389 e. The molecular weight excluding hydrogens is 254 g/mol. The Morgan fingerprint density at radius 2 is 2.08 bits per heavy atom. The molecule has 1 rings (SSSR count). The summed E-state index contributed by atoms with van der Waals surface area (Å²) in [6.07, 6.45) is -1.59. The molecule has 74 valence electrons. The average molecular weight is 266 g/mol. The molecule has 0 aliphatic rings. The maximum absolute atomic E-state index is 9.67. The van der Waals surface area contributed by atoms with Gasteiger partial charge >= 0.3 is 0 Å². The molecule has 0 aliphatic heterocycles. The van der Waals surface area contributed by atoms with Crippen LogP contribution in [-0.4, -0.2) is 26.6 Å². The van der Waals surface area contributed by atoms with Crippen LogP contribution in [0.15, 0.2) is 0 Å². The quantitative estimate of drug-likeness (QED) is 0.816. The Hall–Kier alpha value is 0.0300. The Morgan fingerprint density at radius 3 is 2.46 bits per heavy atom. The highest BCUT2D eigenvalue weighted by atomic mass is 79.9. The maximum atomic E-state index is 9.67. The van der Waals surface area contributed by atoms with Gasteiger partial charge in [-0.2, -0.15) is 0 Å². The van der Waals surface area contributed by atoms with Crippen LogP contribution in [0.3, 0.4) is 0 Å². The lowest BCUT2D eigenvalue weighted by Crippen LogP contribution is -2.19. The molecule has 2 unspecified atom stereocenters. The third-order valence-electron chi connectivity index (χ3n) is 1.73. The molecule has 2 atom stereocenters. The van der Waals surface area contributed by atoms with Crippen molar-refractivity contribution in [1.82, 2.24) is 4.98 Å². The zero-order valence-electron chi connectivity index (χ0n) is 7.49. The van der Waals surface area contributed by atoms with E-state index >= 15 is 0 Å². The lowest BCUT2D eigenvalue weighted by Gasteiger charge is -2.13.